The lowest BCUT2D eigenvalue weighted by atomic mass is 10.1. The van der Waals surface area contributed by atoms with Gasteiger partial charge >= 0.3 is 6.09 Å². The summed E-state index contributed by atoms with van der Waals surface area (Å²) in [5, 5.41) is 3.61. The molecule has 1 aliphatic rings. The third-order valence-corrected chi connectivity index (χ3v) is 5.56. The third kappa shape index (κ3) is 5.11. The predicted molar refractivity (Wildman–Crippen MR) is 131 cm³/mol. The molecule has 2 atom stereocenters. The van der Waals surface area contributed by atoms with Gasteiger partial charge in [0, 0.05) is 36.0 Å². The van der Waals surface area contributed by atoms with E-state index < -0.39 is 11.4 Å². The van der Waals surface area contributed by atoms with E-state index in [9.17, 15) is 9.18 Å². The van der Waals surface area contributed by atoms with E-state index in [1.165, 1.54) is 12.3 Å². The maximum absolute atomic E-state index is 13.6. The molecule has 180 valence electrons. The van der Waals surface area contributed by atoms with Gasteiger partial charge in [-0.2, -0.15) is 4.98 Å². The highest BCUT2D eigenvalue weighted by atomic mass is 19.1. The fourth-order valence-electron chi connectivity index (χ4n) is 4.10. The first-order valence-electron chi connectivity index (χ1n) is 11.2. The number of anilines is 4. The van der Waals surface area contributed by atoms with Gasteiger partial charge in [-0.15, -0.1) is 0 Å². The summed E-state index contributed by atoms with van der Waals surface area (Å²) in [5.41, 5.74) is 7.19. The first kappa shape index (κ1) is 23.5. The van der Waals surface area contributed by atoms with E-state index in [2.05, 4.69) is 25.2 Å². The number of fused-ring (bicyclic) bond motifs is 1. The van der Waals surface area contributed by atoms with Crippen molar-refractivity contribution in [1.29, 1.82) is 0 Å². The number of piperazine rings is 1. The molecule has 0 bridgehead atoms. The second-order valence-corrected chi connectivity index (χ2v) is 9.62. The lowest BCUT2D eigenvalue weighted by Crippen LogP contribution is -2.59. The summed E-state index contributed by atoms with van der Waals surface area (Å²) in [4.78, 5) is 29.2. The molecule has 0 spiro atoms. The Balaban J connectivity index is 1.43. The standard InChI is InChI=1S/C24H30FN7O2/c1-14-12-31(13-15(2)32(14)23(33)34-24(3,4)5)18-8-6-17(7-9-18)28-22-27-11-16-10-19(25)20(26)29-21(16)30-22/h6-11,14-15H,12-13H2,1-5H3,(H3,26,27,28,29,30). The molecule has 0 radical (unpaired) electrons. The number of pyridine rings is 1. The Morgan fingerprint density at radius 1 is 1.15 bits per heavy atom. The molecule has 3 N–H and O–H groups in total. The molecule has 34 heavy (non-hydrogen) atoms. The van der Waals surface area contributed by atoms with E-state index >= 15 is 0 Å². The molecule has 4 rings (SSSR count). The SMILES string of the molecule is CC1CN(c2ccc(Nc3ncc4cc(F)c(N)nc4n3)cc2)CC(C)N1C(=O)OC(C)(C)C. The van der Waals surface area contributed by atoms with Gasteiger partial charge in [-0.05, 0) is 65.0 Å². The van der Waals surface area contributed by atoms with Gasteiger partial charge in [0.05, 0.1) is 12.1 Å². The van der Waals surface area contributed by atoms with Crippen LogP contribution in [-0.2, 0) is 4.74 Å². The number of ether oxygens (including phenoxy) is 1. The Bertz CT molecular complexity index is 1180. The average molecular weight is 468 g/mol. The monoisotopic (exact) mass is 467 g/mol. The van der Waals surface area contributed by atoms with Crippen LogP contribution in [0, 0.1) is 5.82 Å². The van der Waals surface area contributed by atoms with Crippen molar-refractivity contribution >= 4 is 40.3 Å². The highest BCUT2D eigenvalue weighted by Gasteiger charge is 2.35. The second kappa shape index (κ2) is 8.92. The van der Waals surface area contributed by atoms with Gasteiger partial charge in [0.2, 0.25) is 5.95 Å². The van der Waals surface area contributed by atoms with Crippen LogP contribution in [0.2, 0.25) is 0 Å². The Labute approximate surface area is 198 Å². The van der Waals surface area contributed by atoms with E-state index in [-0.39, 0.29) is 24.0 Å². The molecule has 3 aromatic rings. The zero-order valence-electron chi connectivity index (χ0n) is 20.0. The number of benzene rings is 1. The Kier molecular flexibility index (Phi) is 6.16. The minimum Gasteiger partial charge on any atom is -0.444 e. The van der Waals surface area contributed by atoms with Gasteiger partial charge in [-0.1, -0.05) is 0 Å². The van der Waals surface area contributed by atoms with E-state index in [1.807, 2.05) is 63.8 Å². The van der Waals surface area contributed by atoms with Crippen molar-refractivity contribution in [2.45, 2.75) is 52.3 Å². The zero-order valence-corrected chi connectivity index (χ0v) is 20.0. The number of carbonyl (C=O) groups excluding carboxylic acids is 1. The predicted octanol–water partition coefficient (Wildman–Crippen LogP) is 4.32. The van der Waals surface area contributed by atoms with Crippen molar-refractivity contribution < 1.29 is 13.9 Å². The average Bonchev–Trinajstić information content (AvgIpc) is 2.73. The van der Waals surface area contributed by atoms with Crippen LogP contribution < -0.4 is 16.0 Å². The number of nitrogen functional groups attached to an aromatic ring is 1. The maximum atomic E-state index is 13.6. The van der Waals surface area contributed by atoms with Crippen molar-refractivity contribution in [2.75, 3.05) is 29.0 Å². The Morgan fingerprint density at radius 3 is 2.41 bits per heavy atom. The lowest BCUT2D eigenvalue weighted by Gasteiger charge is -2.45. The van der Waals surface area contributed by atoms with E-state index in [4.69, 9.17) is 10.5 Å². The highest BCUT2D eigenvalue weighted by Crippen LogP contribution is 2.26. The molecule has 1 saturated heterocycles. The second-order valence-electron chi connectivity index (χ2n) is 9.62. The number of carbonyl (C=O) groups is 1. The van der Waals surface area contributed by atoms with Crippen LogP contribution in [-0.4, -0.2) is 56.7 Å². The summed E-state index contributed by atoms with van der Waals surface area (Å²) in [6.07, 6.45) is 1.22. The Morgan fingerprint density at radius 2 is 1.79 bits per heavy atom. The van der Waals surface area contributed by atoms with E-state index in [0.29, 0.717) is 30.1 Å². The number of hydrogen-bond donors (Lipinski definition) is 2. The summed E-state index contributed by atoms with van der Waals surface area (Å²) in [7, 11) is 0. The molecule has 1 fully saturated rings. The third-order valence-electron chi connectivity index (χ3n) is 5.56. The maximum Gasteiger partial charge on any atom is 0.410 e. The van der Waals surface area contributed by atoms with Crippen molar-refractivity contribution in [3.05, 3.63) is 42.3 Å². The molecular weight excluding hydrogens is 437 g/mol. The molecule has 2 unspecified atom stereocenters. The number of nitrogens with one attached hydrogen (secondary N) is 1. The van der Waals surface area contributed by atoms with Gasteiger partial charge in [0.15, 0.2) is 17.3 Å². The quantitative estimate of drug-likeness (QED) is 0.586. The topological polar surface area (TPSA) is 109 Å². The number of hydrogen-bond acceptors (Lipinski definition) is 8. The molecule has 1 amide bonds. The van der Waals surface area contributed by atoms with Crippen molar-refractivity contribution in [3.8, 4) is 0 Å². The van der Waals surface area contributed by atoms with Crippen molar-refractivity contribution in [1.82, 2.24) is 19.9 Å². The normalized spacial score (nSPS) is 18.8. The molecular formula is C24H30FN7O2. The van der Waals surface area contributed by atoms with Gasteiger partial charge in [-0.3, -0.25) is 4.90 Å². The van der Waals surface area contributed by atoms with Crippen LogP contribution in [0.1, 0.15) is 34.6 Å². The largest absolute Gasteiger partial charge is 0.444 e. The number of nitrogens with two attached hydrogens (primary N) is 1. The summed E-state index contributed by atoms with van der Waals surface area (Å²) in [5.74, 6) is -0.452. The Hall–Kier alpha value is -3.69. The first-order chi connectivity index (χ1) is 16.0. The minimum absolute atomic E-state index is 0.00664. The molecule has 9 nitrogen and oxygen atoms in total. The van der Waals surface area contributed by atoms with Crippen LogP contribution in [0.3, 0.4) is 0 Å². The van der Waals surface area contributed by atoms with Crippen LogP contribution in [0.5, 0.6) is 0 Å². The van der Waals surface area contributed by atoms with Gasteiger partial charge < -0.3 is 20.7 Å². The summed E-state index contributed by atoms with van der Waals surface area (Å²) >= 11 is 0. The van der Waals surface area contributed by atoms with E-state index in [0.717, 1.165) is 11.4 Å². The molecule has 2 aromatic heterocycles. The molecule has 1 aliphatic heterocycles. The minimum atomic E-state index is -0.594. The molecule has 3 heterocycles. The molecule has 10 heteroatoms. The summed E-state index contributed by atoms with van der Waals surface area (Å²) < 4.78 is 19.2. The fourth-order valence-corrected chi connectivity index (χ4v) is 4.10. The molecule has 1 aromatic carbocycles. The number of rotatable bonds is 3. The van der Waals surface area contributed by atoms with Crippen molar-refractivity contribution in [3.63, 3.8) is 0 Å². The van der Waals surface area contributed by atoms with Crippen LogP contribution >= 0.6 is 0 Å². The number of nitrogens with zero attached hydrogens (tertiary/aromatic N) is 5. The number of halogens is 1. The van der Waals surface area contributed by atoms with Gasteiger partial charge in [0.25, 0.3) is 0 Å². The zero-order chi connectivity index (χ0) is 24.6. The van der Waals surface area contributed by atoms with Crippen LogP contribution in [0.15, 0.2) is 36.5 Å². The number of aromatic nitrogens is 3. The summed E-state index contributed by atoms with van der Waals surface area (Å²) in [6.45, 7) is 11.1. The fraction of sp³-hybridized carbons (Fsp3) is 0.417. The smallest absolute Gasteiger partial charge is 0.410 e. The van der Waals surface area contributed by atoms with Crippen LogP contribution in [0.4, 0.5) is 32.3 Å². The van der Waals surface area contributed by atoms with Gasteiger partial charge in [-0.25, -0.2) is 19.2 Å². The lowest BCUT2D eigenvalue weighted by molar-refractivity contribution is 0.00566. The number of amides is 1. The summed E-state index contributed by atoms with van der Waals surface area (Å²) in [6, 6.07) is 9.17. The first-order valence-corrected chi connectivity index (χ1v) is 11.2. The van der Waals surface area contributed by atoms with Gasteiger partial charge in [0.1, 0.15) is 5.60 Å². The highest BCUT2D eigenvalue weighted by molar-refractivity contribution is 5.77. The van der Waals surface area contributed by atoms with Crippen LogP contribution in [0.25, 0.3) is 11.0 Å². The molecule has 0 saturated carbocycles. The van der Waals surface area contributed by atoms with Crippen molar-refractivity contribution in [2.24, 2.45) is 0 Å². The van der Waals surface area contributed by atoms with E-state index in [1.54, 1.807) is 0 Å². The molecule has 0 aliphatic carbocycles.